The number of nitro benzene ring substituents is 1. The number of nitro groups is 1. The second kappa shape index (κ2) is 6.65. The van der Waals surface area contributed by atoms with Gasteiger partial charge in [-0.2, -0.15) is 0 Å². The van der Waals surface area contributed by atoms with Gasteiger partial charge in [0.15, 0.2) is 0 Å². The molecular formula is C14H20BrN3O2. The molecule has 1 saturated heterocycles. The van der Waals surface area contributed by atoms with E-state index in [4.69, 9.17) is 0 Å². The van der Waals surface area contributed by atoms with Crippen molar-refractivity contribution in [2.45, 2.75) is 51.7 Å². The Morgan fingerprint density at radius 2 is 2.05 bits per heavy atom. The molecule has 1 heterocycles. The van der Waals surface area contributed by atoms with Gasteiger partial charge in [-0.25, -0.2) is 5.01 Å². The number of piperidine rings is 1. The molecule has 0 radical (unpaired) electrons. The molecular weight excluding hydrogens is 322 g/mol. The van der Waals surface area contributed by atoms with Crippen molar-refractivity contribution in [2.24, 2.45) is 0 Å². The van der Waals surface area contributed by atoms with Crippen molar-refractivity contribution in [1.29, 1.82) is 0 Å². The monoisotopic (exact) mass is 341 g/mol. The molecule has 2 rings (SSSR count). The Kier molecular flexibility index (Phi) is 5.12. The van der Waals surface area contributed by atoms with Gasteiger partial charge in [0, 0.05) is 24.7 Å². The maximum Gasteiger partial charge on any atom is 0.283 e. The van der Waals surface area contributed by atoms with Crippen LogP contribution in [0.5, 0.6) is 0 Å². The highest BCUT2D eigenvalue weighted by Crippen LogP contribution is 2.26. The van der Waals surface area contributed by atoms with E-state index in [1.54, 1.807) is 12.1 Å². The van der Waals surface area contributed by atoms with Gasteiger partial charge in [0.05, 0.1) is 9.40 Å². The SMILES string of the molecule is CC1CCCC(C)N1NCc1ccc(Br)c([N+](=O)[O-])c1. The Hall–Kier alpha value is -0.980. The highest BCUT2D eigenvalue weighted by Gasteiger charge is 2.24. The Balaban J connectivity index is 2.03. The van der Waals surface area contributed by atoms with Crippen LogP contribution in [0, 0.1) is 10.1 Å². The fraction of sp³-hybridized carbons (Fsp3) is 0.571. The van der Waals surface area contributed by atoms with Crippen LogP contribution in [-0.4, -0.2) is 22.0 Å². The van der Waals surface area contributed by atoms with E-state index in [9.17, 15) is 10.1 Å². The predicted octanol–water partition coefficient (Wildman–Crippen LogP) is 3.62. The molecule has 2 unspecified atom stereocenters. The van der Waals surface area contributed by atoms with Gasteiger partial charge in [-0.3, -0.25) is 15.5 Å². The first kappa shape index (κ1) is 15.4. The largest absolute Gasteiger partial charge is 0.283 e. The Bertz CT molecular complexity index is 485. The minimum Gasteiger partial charge on any atom is -0.258 e. The summed E-state index contributed by atoms with van der Waals surface area (Å²) in [5.41, 5.74) is 4.45. The lowest BCUT2D eigenvalue weighted by Gasteiger charge is -2.39. The van der Waals surface area contributed by atoms with Crippen LogP contribution >= 0.6 is 15.9 Å². The summed E-state index contributed by atoms with van der Waals surface area (Å²) in [5, 5.41) is 13.2. The van der Waals surface area contributed by atoms with Gasteiger partial charge in [-0.05, 0) is 54.2 Å². The van der Waals surface area contributed by atoms with Crippen LogP contribution in [0.3, 0.4) is 0 Å². The minimum absolute atomic E-state index is 0.115. The zero-order valence-corrected chi connectivity index (χ0v) is 13.4. The van der Waals surface area contributed by atoms with E-state index in [0.717, 1.165) is 5.56 Å². The van der Waals surface area contributed by atoms with Crippen molar-refractivity contribution >= 4 is 21.6 Å². The zero-order valence-electron chi connectivity index (χ0n) is 11.8. The van der Waals surface area contributed by atoms with Gasteiger partial charge in [0.2, 0.25) is 0 Å². The van der Waals surface area contributed by atoms with Crippen molar-refractivity contribution in [1.82, 2.24) is 10.4 Å². The van der Waals surface area contributed by atoms with Gasteiger partial charge in [-0.15, -0.1) is 0 Å². The maximum absolute atomic E-state index is 10.9. The fourth-order valence-corrected chi connectivity index (χ4v) is 3.12. The number of hydrogen-bond donors (Lipinski definition) is 1. The van der Waals surface area contributed by atoms with E-state index in [0.29, 0.717) is 23.1 Å². The first-order chi connectivity index (χ1) is 9.49. The molecule has 1 fully saturated rings. The van der Waals surface area contributed by atoms with Gasteiger partial charge in [0.25, 0.3) is 5.69 Å². The lowest BCUT2D eigenvalue weighted by atomic mass is 10.00. The van der Waals surface area contributed by atoms with E-state index >= 15 is 0 Å². The first-order valence-electron chi connectivity index (χ1n) is 6.93. The molecule has 20 heavy (non-hydrogen) atoms. The Morgan fingerprint density at radius 3 is 2.65 bits per heavy atom. The molecule has 1 N–H and O–H groups in total. The number of nitrogens with zero attached hydrogens (tertiary/aromatic N) is 2. The van der Waals surface area contributed by atoms with Gasteiger partial charge in [0.1, 0.15) is 0 Å². The molecule has 2 atom stereocenters. The molecule has 0 amide bonds. The number of rotatable bonds is 4. The number of nitrogens with one attached hydrogen (secondary N) is 1. The highest BCUT2D eigenvalue weighted by atomic mass is 79.9. The molecule has 1 aromatic rings. The maximum atomic E-state index is 10.9. The fourth-order valence-electron chi connectivity index (χ4n) is 2.72. The van der Waals surface area contributed by atoms with Crippen molar-refractivity contribution in [3.8, 4) is 0 Å². The number of hydrogen-bond acceptors (Lipinski definition) is 4. The molecule has 110 valence electrons. The molecule has 1 aliphatic heterocycles. The quantitative estimate of drug-likeness (QED) is 0.671. The normalized spacial score (nSPS) is 23.8. The number of benzene rings is 1. The molecule has 0 aromatic heterocycles. The van der Waals surface area contributed by atoms with Gasteiger partial charge >= 0.3 is 0 Å². The second-order valence-corrected chi connectivity index (χ2v) is 6.27. The van der Waals surface area contributed by atoms with Crippen molar-refractivity contribution in [3.05, 3.63) is 38.3 Å². The first-order valence-corrected chi connectivity index (χ1v) is 7.73. The van der Waals surface area contributed by atoms with Crippen molar-refractivity contribution < 1.29 is 4.92 Å². The van der Waals surface area contributed by atoms with Crippen LogP contribution < -0.4 is 5.43 Å². The lowest BCUT2D eigenvalue weighted by molar-refractivity contribution is -0.385. The average molecular weight is 342 g/mol. The van der Waals surface area contributed by atoms with Crippen LogP contribution in [0.15, 0.2) is 22.7 Å². The third-order valence-corrected chi connectivity index (χ3v) is 4.54. The summed E-state index contributed by atoms with van der Waals surface area (Å²) < 4.78 is 0.519. The van der Waals surface area contributed by atoms with Crippen LogP contribution in [0.4, 0.5) is 5.69 Å². The Morgan fingerprint density at radius 1 is 1.40 bits per heavy atom. The molecule has 6 heteroatoms. The smallest absolute Gasteiger partial charge is 0.258 e. The van der Waals surface area contributed by atoms with E-state index in [1.165, 1.54) is 19.3 Å². The van der Waals surface area contributed by atoms with Gasteiger partial charge in [-0.1, -0.05) is 12.5 Å². The number of halogens is 1. The van der Waals surface area contributed by atoms with Crippen molar-refractivity contribution in [3.63, 3.8) is 0 Å². The topological polar surface area (TPSA) is 58.4 Å². The standard InChI is InChI=1S/C14H20BrN3O2/c1-10-4-3-5-11(2)17(10)16-9-12-6-7-13(15)14(8-12)18(19)20/h6-8,10-11,16H,3-5,9H2,1-2H3. The number of hydrazine groups is 1. The summed E-state index contributed by atoms with van der Waals surface area (Å²) in [6.45, 7) is 5.04. The summed E-state index contributed by atoms with van der Waals surface area (Å²) in [6, 6.07) is 6.27. The highest BCUT2D eigenvalue weighted by molar-refractivity contribution is 9.10. The summed E-state index contributed by atoms with van der Waals surface area (Å²) in [6.07, 6.45) is 3.65. The molecule has 0 aliphatic carbocycles. The second-order valence-electron chi connectivity index (χ2n) is 5.41. The average Bonchev–Trinajstić information content (AvgIpc) is 2.39. The molecule has 5 nitrogen and oxygen atoms in total. The van der Waals surface area contributed by atoms with Crippen LogP contribution in [-0.2, 0) is 6.54 Å². The molecule has 1 aliphatic rings. The molecule has 0 bridgehead atoms. The summed E-state index contributed by atoms with van der Waals surface area (Å²) in [7, 11) is 0. The zero-order chi connectivity index (χ0) is 14.7. The van der Waals surface area contributed by atoms with Crippen LogP contribution in [0.25, 0.3) is 0 Å². The minimum atomic E-state index is -0.361. The predicted molar refractivity (Wildman–Crippen MR) is 82.3 cm³/mol. The molecule has 1 aromatic carbocycles. The van der Waals surface area contributed by atoms with E-state index in [1.807, 2.05) is 6.07 Å². The van der Waals surface area contributed by atoms with Crippen LogP contribution in [0.1, 0.15) is 38.7 Å². The molecule has 0 saturated carbocycles. The van der Waals surface area contributed by atoms with E-state index in [-0.39, 0.29) is 10.6 Å². The third kappa shape index (κ3) is 3.56. The Labute approximate surface area is 127 Å². The van der Waals surface area contributed by atoms with Crippen LogP contribution in [0.2, 0.25) is 0 Å². The lowest BCUT2D eigenvalue weighted by Crippen LogP contribution is -2.51. The summed E-state index contributed by atoms with van der Waals surface area (Å²) >= 11 is 3.21. The van der Waals surface area contributed by atoms with Crippen molar-refractivity contribution in [2.75, 3.05) is 0 Å². The summed E-state index contributed by atoms with van der Waals surface area (Å²) in [5.74, 6) is 0. The van der Waals surface area contributed by atoms with E-state index < -0.39 is 0 Å². The summed E-state index contributed by atoms with van der Waals surface area (Å²) in [4.78, 5) is 10.6. The third-order valence-electron chi connectivity index (χ3n) is 3.87. The molecule has 0 spiro atoms. The van der Waals surface area contributed by atoms with E-state index in [2.05, 4.69) is 40.2 Å². The van der Waals surface area contributed by atoms with Gasteiger partial charge < -0.3 is 0 Å².